The zero-order valence-electron chi connectivity index (χ0n) is 11.9. The number of hydrogen-bond acceptors (Lipinski definition) is 6. The Bertz CT molecular complexity index is 632. The standard InChI is InChI=1S/C15H17N3O3S/c16-10-5-8-22-14(10)15(19)18-11-9-20-7-4-12(11)21-13-3-1-2-6-17-13/h1-3,5-6,8,11-12H,4,7,9,16H2,(H,18,19)/t11-,12-/m1/s1. The molecule has 0 saturated carbocycles. The number of carbonyl (C=O) groups is 1. The minimum Gasteiger partial charge on any atom is -0.472 e. The second-order valence-electron chi connectivity index (χ2n) is 4.97. The fourth-order valence-corrected chi connectivity index (χ4v) is 3.02. The van der Waals surface area contributed by atoms with E-state index in [1.807, 2.05) is 12.1 Å². The van der Waals surface area contributed by atoms with Crippen molar-refractivity contribution in [3.05, 3.63) is 40.7 Å². The first-order chi connectivity index (χ1) is 10.7. The molecule has 1 aliphatic heterocycles. The minimum absolute atomic E-state index is 0.172. The van der Waals surface area contributed by atoms with Crippen molar-refractivity contribution in [1.29, 1.82) is 0 Å². The van der Waals surface area contributed by atoms with E-state index in [1.165, 1.54) is 11.3 Å². The highest BCUT2D eigenvalue weighted by atomic mass is 32.1. The number of carbonyl (C=O) groups excluding carboxylic acids is 1. The number of ether oxygens (including phenoxy) is 2. The SMILES string of the molecule is Nc1ccsc1C(=O)N[C@@H]1COCC[C@H]1Oc1ccccn1. The maximum Gasteiger partial charge on any atom is 0.263 e. The Morgan fingerprint density at radius 1 is 1.45 bits per heavy atom. The number of nitrogens with zero attached hydrogens (tertiary/aromatic N) is 1. The molecule has 3 heterocycles. The Labute approximate surface area is 132 Å². The highest BCUT2D eigenvalue weighted by Gasteiger charge is 2.30. The summed E-state index contributed by atoms with van der Waals surface area (Å²) in [6.07, 6.45) is 2.20. The smallest absolute Gasteiger partial charge is 0.263 e. The van der Waals surface area contributed by atoms with Gasteiger partial charge in [0.1, 0.15) is 11.0 Å². The van der Waals surface area contributed by atoms with Crippen LogP contribution >= 0.6 is 11.3 Å². The first-order valence-corrected chi connectivity index (χ1v) is 7.91. The van der Waals surface area contributed by atoms with E-state index < -0.39 is 0 Å². The second kappa shape index (κ2) is 6.76. The number of nitrogen functional groups attached to an aromatic ring is 1. The van der Waals surface area contributed by atoms with Gasteiger partial charge < -0.3 is 20.5 Å². The van der Waals surface area contributed by atoms with Crippen LogP contribution in [-0.2, 0) is 4.74 Å². The zero-order valence-corrected chi connectivity index (χ0v) is 12.7. The molecule has 0 spiro atoms. The molecule has 0 unspecified atom stereocenters. The molecule has 0 aliphatic carbocycles. The number of nitrogens with one attached hydrogen (secondary N) is 1. The summed E-state index contributed by atoms with van der Waals surface area (Å²) in [5, 5.41) is 4.74. The van der Waals surface area contributed by atoms with Gasteiger partial charge in [-0.25, -0.2) is 4.98 Å². The summed E-state index contributed by atoms with van der Waals surface area (Å²) in [6.45, 7) is 1.01. The molecule has 2 aromatic rings. The van der Waals surface area contributed by atoms with E-state index in [0.717, 1.165) is 0 Å². The summed E-state index contributed by atoms with van der Waals surface area (Å²) >= 11 is 1.32. The molecule has 1 amide bonds. The Hall–Kier alpha value is -2.12. The molecule has 22 heavy (non-hydrogen) atoms. The number of rotatable bonds is 4. The minimum atomic E-state index is -0.232. The average Bonchev–Trinajstić information content (AvgIpc) is 2.96. The van der Waals surface area contributed by atoms with Gasteiger partial charge in [-0.3, -0.25) is 4.79 Å². The molecule has 6 nitrogen and oxygen atoms in total. The molecular formula is C15H17N3O3S. The van der Waals surface area contributed by atoms with Gasteiger partial charge >= 0.3 is 0 Å². The Morgan fingerprint density at radius 2 is 2.36 bits per heavy atom. The molecule has 1 saturated heterocycles. The van der Waals surface area contributed by atoms with Crippen molar-refractivity contribution in [1.82, 2.24) is 10.3 Å². The number of amides is 1. The first kappa shape index (κ1) is 14.8. The molecule has 1 aliphatic rings. The fourth-order valence-electron chi connectivity index (χ4n) is 2.30. The lowest BCUT2D eigenvalue weighted by Crippen LogP contribution is -2.51. The van der Waals surface area contributed by atoms with Crippen LogP contribution in [0.3, 0.4) is 0 Å². The molecule has 0 aromatic carbocycles. The lowest BCUT2D eigenvalue weighted by atomic mass is 10.1. The molecule has 7 heteroatoms. The van der Waals surface area contributed by atoms with E-state index in [-0.39, 0.29) is 18.1 Å². The second-order valence-corrected chi connectivity index (χ2v) is 5.89. The van der Waals surface area contributed by atoms with Gasteiger partial charge in [0, 0.05) is 18.7 Å². The van der Waals surface area contributed by atoms with E-state index in [2.05, 4.69) is 10.3 Å². The first-order valence-electron chi connectivity index (χ1n) is 7.03. The maximum atomic E-state index is 12.3. The molecular weight excluding hydrogens is 302 g/mol. The van der Waals surface area contributed by atoms with Crippen LogP contribution in [0.5, 0.6) is 5.88 Å². The number of aromatic nitrogens is 1. The summed E-state index contributed by atoms with van der Waals surface area (Å²) in [5.41, 5.74) is 6.27. The van der Waals surface area contributed by atoms with Gasteiger partial charge in [-0.1, -0.05) is 6.07 Å². The van der Waals surface area contributed by atoms with Gasteiger partial charge in [-0.15, -0.1) is 11.3 Å². The lowest BCUT2D eigenvalue weighted by Gasteiger charge is -2.31. The van der Waals surface area contributed by atoms with Gasteiger partial charge in [0.05, 0.1) is 24.9 Å². The number of anilines is 1. The number of pyridine rings is 1. The van der Waals surface area contributed by atoms with Crippen LogP contribution < -0.4 is 15.8 Å². The summed E-state index contributed by atoms with van der Waals surface area (Å²) < 4.78 is 11.3. The van der Waals surface area contributed by atoms with Gasteiger partial charge in [-0.05, 0) is 17.5 Å². The third-order valence-corrected chi connectivity index (χ3v) is 4.35. The fraction of sp³-hybridized carbons (Fsp3) is 0.333. The van der Waals surface area contributed by atoms with Crippen LogP contribution in [0, 0.1) is 0 Å². The van der Waals surface area contributed by atoms with Crippen molar-refractivity contribution in [3.8, 4) is 5.88 Å². The molecule has 0 radical (unpaired) electrons. The highest BCUT2D eigenvalue weighted by molar-refractivity contribution is 7.12. The Balaban J connectivity index is 1.67. The number of nitrogens with two attached hydrogens (primary N) is 1. The topological polar surface area (TPSA) is 86.5 Å². The number of thiophene rings is 1. The van der Waals surface area contributed by atoms with Crippen molar-refractivity contribution >= 4 is 22.9 Å². The van der Waals surface area contributed by atoms with Crippen LogP contribution in [0.2, 0.25) is 0 Å². The van der Waals surface area contributed by atoms with Crippen LogP contribution in [0.15, 0.2) is 35.8 Å². The average molecular weight is 319 g/mol. The van der Waals surface area contributed by atoms with Gasteiger partial charge in [-0.2, -0.15) is 0 Å². The van der Waals surface area contributed by atoms with E-state index in [0.29, 0.717) is 36.1 Å². The quantitative estimate of drug-likeness (QED) is 0.895. The van der Waals surface area contributed by atoms with Crippen LogP contribution in [-0.4, -0.2) is 36.3 Å². The summed E-state index contributed by atoms with van der Waals surface area (Å²) in [7, 11) is 0. The third kappa shape index (κ3) is 3.37. The predicted octanol–water partition coefficient (Wildman–Crippen LogP) is 1.69. The van der Waals surface area contributed by atoms with E-state index in [1.54, 1.807) is 23.7 Å². The Morgan fingerprint density at radius 3 is 3.09 bits per heavy atom. The summed E-state index contributed by atoms with van der Waals surface area (Å²) in [6, 6.07) is 6.98. The zero-order chi connectivity index (χ0) is 15.4. The predicted molar refractivity (Wildman–Crippen MR) is 84.1 cm³/mol. The Kier molecular flexibility index (Phi) is 4.55. The van der Waals surface area contributed by atoms with Crippen molar-refractivity contribution in [3.63, 3.8) is 0 Å². The van der Waals surface area contributed by atoms with Crippen molar-refractivity contribution in [2.24, 2.45) is 0 Å². The van der Waals surface area contributed by atoms with Crippen molar-refractivity contribution in [2.75, 3.05) is 18.9 Å². The van der Waals surface area contributed by atoms with Gasteiger partial charge in [0.25, 0.3) is 5.91 Å². The summed E-state index contributed by atoms with van der Waals surface area (Å²) in [5.74, 6) is 0.349. The van der Waals surface area contributed by atoms with E-state index in [4.69, 9.17) is 15.2 Å². The molecule has 2 atom stereocenters. The van der Waals surface area contributed by atoms with E-state index >= 15 is 0 Å². The van der Waals surface area contributed by atoms with Crippen LogP contribution in [0.25, 0.3) is 0 Å². The van der Waals surface area contributed by atoms with Crippen LogP contribution in [0.1, 0.15) is 16.1 Å². The summed E-state index contributed by atoms with van der Waals surface area (Å²) in [4.78, 5) is 17.0. The molecule has 3 N–H and O–H groups in total. The molecule has 3 rings (SSSR count). The van der Waals surface area contributed by atoms with Crippen molar-refractivity contribution in [2.45, 2.75) is 18.6 Å². The normalized spacial score (nSPS) is 21.3. The molecule has 1 fully saturated rings. The highest BCUT2D eigenvalue weighted by Crippen LogP contribution is 2.20. The largest absolute Gasteiger partial charge is 0.472 e. The molecule has 116 valence electrons. The third-order valence-electron chi connectivity index (χ3n) is 3.42. The monoisotopic (exact) mass is 319 g/mol. The van der Waals surface area contributed by atoms with E-state index in [9.17, 15) is 4.79 Å². The number of hydrogen-bond donors (Lipinski definition) is 2. The van der Waals surface area contributed by atoms with Crippen molar-refractivity contribution < 1.29 is 14.3 Å². The maximum absolute atomic E-state index is 12.3. The molecule has 0 bridgehead atoms. The van der Waals surface area contributed by atoms with Gasteiger partial charge in [0.15, 0.2) is 0 Å². The van der Waals surface area contributed by atoms with Gasteiger partial charge in [0.2, 0.25) is 5.88 Å². The van der Waals surface area contributed by atoms with Crippen LogP contribution in [0.4, 0.5) is 5.69 Å². The lowest BCUT2D eigenvalue weighted by molar-refractivity contribution is -0.00442. The molecule has 2 aromatic heterocycles.